The van der Waals surface area contributed by atoms with Gasteiger partial charge in [0.05, 0.1) is 40.4 Å². The molecule has 13 nitrogen and oxygen atoms in total. The van der Waals surface area contributed by atoms with E-state index in [0.29, 0.717) is 61.6 Å². The van der Waals surface area contributed by atoms with Crippen LogP contribution in [0, 0.1) is 0 Å². The largest absolute Gasteiger partial charge is 0.377 e. The standard InChI is InChI=1S/C24H29F2N7O6S2/c1-23(12-39-13-23)29-41(36,37)14-10-15(31-6-8-32(9-7-31)20(34)24(38-3)4-5-24)17-16(11-14)33(22(35)30(17)2)21-28-27-19(40-21)18(25)26/h10-11,18,29H,4-9,12-13H2,1-3H3. The SMILES string of the molecule is COC1(C(=O)N2CCN(c3cc(S(=O)(=O)NC4(C)COC4)cc4c3n(C)c(=O)n4-c3nnc(C(F)F)s3)CC2)CC1. The molecule has 2 saturated heterocycles. The number of hydrogen-bond acceptors (Lipinski definition) is 10. The van der Waals surface area contributed by atoms with E-state index in [9.17, 15) is 26.8 Å². The van der Waals surface area contributed by atoms with E-state index >= 15 is 0 Å². The summed E-state index contributed by atoms with van der Waals surface area (Å²) < 4.78 is 69.5. The summed E-state index contributed by atoms with van der Waals surface area (Å²) >= 11 is 0.554. The van der Waals surface area contributed by atoms with Gasteiger partial charge in [-0.15, -0.1) is 10.2 Å². The third-order valence-corrected chi connectivity index (χ3v) is 10.4. The quantitative estimate of drug-likeness (QED) is 0.394. The Hall–Kier alpha value is -2.99. The van der Waals surface area contributed by atoms with Gasteiger partial charge in [-0.2, -0.15) is 0 Å². The highest BCUT2D eigenvalue weighted by molar-refractivity contribution is 7.89. The summed E-state index contributed by atoms with van der Waals surface area (Å²) in [6, 6.07) is 2.83. The summed E-state index contributed by atoms with van der Waals surface area (Å²) in [5.41, 5.74) is -1.11. The number of aromatic nitrogens is 4. The minimum Gasteiger partial charge on any atom is -0.377 e. The minimum atomic E-state index is -4.10. The van der Waals surface area contributed by atoms with Crippen LogP contribution in [0.1, 0.15) is 31.2 Å². The number of amides is 1. The molecule has 41 heavy (non-hydrogen) atoms. The average molecular weight is 614 g/mol. The fraction of sp³-hybridized carbons (Fsp3) is 0.583. The van der Waals surface area contributed by atoms with Gasteiger partial charge in [-0.25, -0.2) is 31.3 Å². The molecular formula is C24H29F2N7O6S2. The molecule has 222 valence electrons. The molecule has 1 aromatic carbocycles. The number of halogens is 2. The maximum Gasteiger partial charge on any atom is 0.335 e. The zero-order valence-electron chi connectivity index (χ0n) is 22.6. The number of alkyl halides is 2. The number of fused-ring (bicyclic) bond motifs is 1. The fourth-order valence-electron chi connectivity index (χ4n) is 5.34. The first-order chi connectivity index (χ1) is 19.4. The first kappa shape index (κ1) is 28.1. The van der Waals surface area contributed by atoms with Crippen LogP contribution in [0.3, 0.4) is 0 Å². The molecule has 6 rings (SSSR count). The first-order valence-corrected chi connectivity index (χ1v) is 15.3. The Labute approximate surface area is 237 Å². The zero-order valence-corrected chi connectivity index (χ0v) is 24.2. The van der Waals surface area contributed by atoms with E-state index in [-0.39, 0.29) is 34.7 Å². The number of methoxy groups -OCH3 is 1. The lowest BCUT2D eigenvalue weighted by molar-refractivity contribution is -0.144. The predicted molar refractivity (Wildman–Crippen MR) is 144 cm³/mol. The monoisotopic (exact) mass is 613 g/mol. The van der Waals surface area contributed by atoms with Crippen molar-refractivity contribution < 1.29 is 31.5 Å². The van der Waals surface area contributed by atoms with Gasteiger partial charge in [0.1, 0.15) is 5.60 Å². The lowest BCUT2D eigenvalue weighted by Crippen LogP contribution is -2.59. The summed E-state index contributed by atoms with van der Waals surface area (Å²) in [5.74, 6) is -0.0639. The second-order valence-corrected chi connectivity index (χ2v) is 13.5. The highest BCUT2D eigenvalue weighted by Gasteiger charge is 2.52. The van der Waals surface area contributed by atoms with Gasteiger partial charge >= 0.3 is 5.69 Å². The molecule has 1 N–H and O–H groups in total. The van der Waals surface area contributed by atoms with Crippen LogP contribution < -0.4 is 15.3 Å². The van der Waals surface area contributed by atoms with Crippen LogP contribution in [-0.4, -0.2) is 96.2 Å². The molecule has 0 spiro atoms. The second kappa shape index (κ2) is 9.79. The van der Waals surface area contributed by atoms with Crippen molar-refractivity contribution in [3.63, 3.8) is 0 Å². The van der Waals surface area contributed by atoms with E-state index in [1.54, 1.807) is 11.8 Å². The lowest BCUT2D eigenvalue weighted by atomic mass is 10.0. The number of nitrogens with one attached hydrogen (secondary N) is 1. The summed E-state index contributed by atoms with van der Waals surface area (Å²) in [6.07, 6.45) is -1.52. The van der Waals surface area contributed by atoms with Crippen LogP contribution in [0.15, 0.2) is 21.8 Å². The molecular weight excluding hydrogens is 584 g/mol. The number of nitrogens with zero attached hydrogens (tertiary/aromatic N) is 6. The number of anilines is 1. The highest BCUT2D eigenvalue weighted by Crippen LogP contribution is 2.41. The van der Waals surface area contributed by atoms with Gasteiger partial charge in [0.2, 0.25) is 15.2 Å². The molecule has 17 heteroatoms. The molecule has 3 fully saturated rings. The van der Waals surface area contributed by atoms with Gasteiger partial charge in [-0.1, -0.05) is 11.3 Å². The van der Waals surface area contributed by atoms with E-state index in [4.69, 9.17) is 9.47 Å². The van der Waals surface area contributed by atoms with Crippen molar-refractivity contribution in [1.29, 1.82) is 0 Å². The maximum absolute atomic E-state index is 13.6. The lowest BCUT2D eigenvalue weighted by Gasteiger charge is -2.39. The van der Waals surface area contributed by atoms with Gasteiger partial charge in [0.25, 0.3) is 12.3 Å². The van der Waals surface area contributed by atoms with E-state index in [1.165, 1.54) is 30.9 Å². The molecule has 2 aliphatic heterocycles. The summed E-state index contributed by atoms with van der Waals surface area (Å²) in [4.78, 5) is 30.0. The van der Waals surface area contributed by atoms with Gasteiger partial charge in [0.15, 0.2) is 5.01 Å². The van der Waals surface area contributed by atoms with Crippen molar-refractivity contribution in [2.75, 3.05) is 51.4 Å². The van der Waals surface area contributed by atoms with Gasteiger partial charge in [-0.3, -0.25) is 9.36 Å². The van der Waals surface area contributed by atoms with Crippen LogP contribution in [0.4, 0.5) is 14.5 Å². The van der Waals surface area contributed by atoms with Crippen molar-refractivity contribution in [2.24, 2.45) is 7.05 Å². The number of carbonyl (C=O) groups excluding carboxylic acids is 1. The molecule has 0 unspecified atom stereocenters. The highest BCUT2D eigenvalue weighted by atomic mass is 32.2. The number of hydrogen-bond donors (Lipinski definition) is 1. The Morgan fingerprint density at radius 3 is 2.39 bits per heavy atom. The topological polar surface area (TPSA) is 141 Å². The van der Waals surface area contributed by atoms with Crippen LogP contribution in [0.2, 0.25) is 0 Å². The molecule has 2 aromatic heterocycles. The number of rotatable bonds is 8. The Bertz CT molecular complexity index is 1690. The van der Waals surface area contributed by atoms with Gasteiger partial charge < -0.3 is 19.3 Å². The zero-order chi connectivity index (χ0) is 29.3. The van der Waals surface area contributed by atoms with Crippen molar-refractivity contribution in [2.45, 2.75) is 42.2 Å². The van der Waals surface area contributed by atoms with Gasteiger partial charge in [-0.05, 0) is 31.9 Å². The number of aryl methyl sites for hydroxylation is 1. The normalized spacial score (nSPS) is 20.0. The number of piperazine rings is 1. The number of ether oxygens (including phenoxy) is 2. The van der Waals surface area contributed by atoms with Crippen molar-refractivity contribution >= 4 is 44.0 Å². The molecule has 3 aliphatic rings. The first-order valence-electron chi connectivity index (χ1n) is 13.0. The van der Waals surface area contributed by atoms with Crippen LogP contribution in [0.25, 0.3) is 16.2 Å². The van der Waals surface area contributed by atoms with E-state index in [2.05, 4.69) is 14.9 Å². The number of imidazole rings is 1. The molecule has 1 aliphatic carbocycles. The maximum atomic E-state index is 13.6. The molecule has 1 saturated carbocycles. The molecule has 0 bridgehead atoms. The second-order valence-electron chi connectivity index (χ2n) is 10.8. The third kappa shape index (κ3) is 4.72. The van der Waals surface area contributed by atoms with E-state index < -0.39 is 38.3 Å². The summed E-state index contributed by atoms with van der Waals surface area (Å²) in [6.45, 7) is 3.63. The fourth-order valence-corrected chi connectivity index (χ4v) is 7.46. The Morgan fingerprint density at radius 2 is 1.85 bits per heavy atom. The van der Waals surface area contributed by atoms with Crippen LogP contribution in [0.5, 0.6) is 0 Å². The third-order valence-electron chi connectivity index (χ3n) is 7.83. The minimum absolute atomic E-state index is 0.0639. The van der Waals surface area contributed by atoms with Crippen molar-refractivity contribution in [3.8, 4) is 5.13 Å². The molecule has 0 atom stereocenters. The van der Waals surface area contributed by atoms with E-state index in [0.717, 1.165) is 4.57 Å². The average Bonchev–Trinajstić information content (AvgIpc) is 3.51. The number of carbonyl (C=O) groups is 1. The smallest absolute Gasteiger partial charge is 0.335 e. The molecule has 3 aromatic rings. The van der Waals surface area contributed by atoms with E-state index in [1.807, 2.05) is 4.90 Å². The van der Waals surface area contributed by atoms with Crippen LogP contribution >= 0.6 is 11.3 Å². The van der Waals surface area contributed by atoms with Crippen molar-refractivity contribution in [3.05, 3.63) is 27.6 Å². The van der Waals surface area contributed by atoms with Crippen molar-refractivity contribution in [1.82, 2.24) is 29.0 Å². The Morgan fingerprint density at radius 1 is 1.17 bits per heavy atom. The molecule has 0 radical (unpaired) electrons. The number of benzene rings is 1. The number of sulfonamides is 1. The van der Waals surface area contributed by atoms with Crippen LogP contribution in [-0.2, 0) is 31.3 Å². The molecule has 1 amide bonds. The molecule has 4 heterocycles. The Kier molecular flexibility index (Phi) is 6.72. The van der Waals surface area contributed by atoms with Gasteiger partial charge in [0, 0.05) is 40.3 Å². The summed E-state index contributed by atoms with van der Waals surface area (Å²) in [5, 5.41) is 6.64. The summed E-state index contributed by atoms with van der Waals surface area (Å²) in [7, 11) is -1.04. The Balaban J connectivity index is 1.44. The predicted octanol–water partition coefficient (Wildman–Crippen LogP) is 1.01.